The number of urea groups is 1. The van der Waals surface area contributed by atoms with E-state index in [-0.39, 0.29) is 12.1 Å². The van der Waals surface area contributed by atoms with Crippen LogP contribution in [-0.4, -0.2) is 64.2 Å². The van der Waals surface area contributed by atoms with Gasteiger partial charge in [0.25, 0.3) is 0 Å². The molecule has 112 valence electrons. The Kier molecular flexibility index (Phi) is 3.75. The third-order valence-corrected chi connectivity index (χ3v) is 4.52. The minimum atomic E-state index is -0.909. The molecule has 21 heavy (non-hydrogen) atoms. The fourth-order valence-electron chi connectivity index (χ4n) is 2.89. The monoisotopic (exact) mass is 353 g/mol. The Hall–Kier alpha value is -1.76. The largest absolute Gasteiger partial charge is 0.465 e. The molecule has 0 spiro atoms. The number of rotatable bonds is 2. The van der Waals surface area contributed by atoms with Gasteiger partial charge < -0.3 is 19.8 Å². The average Bonchev–Trinajstić information content (AvgIpc) is 2.77. The van der Waals surface area contributed by atoms with Crippen LogP contribution >= 0.6 is 15.9 Å². The van der Waals surface area contributed by atoms with Gasteiger partial charge in [0.2, 0.25) is 0 Å². The molecule has 0 radical (unpaired) electrons. The van der Waals surface area contributed by atoms with Crippen LogP contribution in [0.2, 0.25) is 0 Å². The Bertz CT molecular complexity index is 563. The van der Waals surface area contributed by atoms with Gasteiger partial charge in [-0.15, -0.1) is 0 Å². The van der Waals surface area contributed by atoms with E-state index in [1.807, 2.05) is 24.3 Å². The van der Waals surface area contributed by atoms with Gasteiger partial charge in [0, 0.05) is 37.2 Å². The molecule has 1 aromatic rings. The number of nitrogens with zero attached hydrogens (tertiary/aromatic N) is 3. The molecular weight excluding hydrogens is 338 g/mol. The van der Waals surface area contributed by atoms with Crippen molar-refractivity contribution in [2.75, 3.05) is 26.2 Å². The molecule has 6 nitrogen and oxygen atoms in total. The van der Waals surface area contributed by atoms with Gasteiger partial charge in [-0.25, -0.2) is 9.59 Å². The van der Waals surface area contributed by atoms with Crippen molar-refractivity contribution in [3.05, 3.63) is 34.3 Å². The molecule has 2 aliphatic heterocycles. The standard InChI is InChI=1S/C14H16BrN3O3/c15-11-3-1-10(2-4-11)7-17-9-12-8-16(14(20)21)5-6-18(12)13(17)19/h1-4,12H,5-9H2,(H,20,21)/t12-/m0/s1. The second-order valence-electron chi connectivity index (χ2n) is 5.37. The van der Waals surface area contributed by atoms with E-state index in [0.29, 0.717) is 32.7 Å². The lowest BCUT2D eigenvalue weighted by atomic mass is 10.2. The maximum absolute atomic E-state index is 12.4. The first kappa shape index (κ1) is 14.2. The average molecular weight is 354 g/mol. The fourth-order valence-corrected chi connectivity index (χ4v) is 3.16. The zero-order chi connectivity index (χ0) is 15.0. The molecule has 2 heterocycles. The molecule has 1 aromatic carbocycles. The SMILES string of the molecule is O=C(O)N1CCN2C(=O)N(Cc3ccc(Br)cc3)C[C@@H]2C1. The highest BCUT2D eigenvalue weighted by atomic mass is 79.9. The van der Waals surface area contributed by atoms with Crippen LogP contribution in [0.4, 0.5) is 9.59 Å². The van der Waals surface area contributed by atoms with Crippen molar-refractivity contribution >= 4 is 28.1 Å². The Balaban J connectivity index is 1.68. The van der Waals surface area contributed by atoms with Crippen LogP contribution in [0.3, 0.4) is 0 Å². The lowest BCUT2D eigenvalue weighted by Crippen LogP contribution is -2.53. The molecule has 7 heteroatoms. The lowest BCUT2D eigenvalue weighted by Gasteiger charge is -2.34. The number of amides is 3. The van der Waals surface area contributed by atoms with Crippen molar-refractivity contribution in [1.29, 1.82) is 0 Å². The van der Waals surface area contributed by atoms with E-state index in [9.17, 15) is 9.59 Å². The number of carbonyl (C=O) groups excluding carboxylic acids is 1. The predicted molar refractivity (Wildman–Crippen MR) is 80.0 cm³/mol. The van der Waals surface area contributed by atoms with Crippen molar-refractivity contribution in [2.45, 2.75) is 12.6 Å². The van der Waals surface area contributed by atoms with Crippen LogP contribution in [-0.2, 0) is 6.54 Å². The number of fused-ring (bicyclic) bond motifs is 1. The van der Waals surface area contributed by atoms with E-state index < -0.39 is 6.09 Å². The molecule has 0 unspecified atom stereocenters. The molecule has 0 bridgehead atoms. The van der Waals surface area contributed by atoms with E-state index >= 15 is 0 Å². The Morgan fingerprint density at radius 1 is 1.24 bits per heavy atom. The molecule has 3 rings (SSSR count). The van der Waals surface area contributed by atoms with Crippen molar-refractivity contribution in [3.63, 3.8) is 0 Å². The lowest BCUT2D eigenvalue weighted by molar-refractivity contribution is 0.0996. The van der Waals surface area contributed by atoms with Gasteiger partial charge in [-0.05, 0) is 17.7 Å². The van der Waals surface area contributed by atoms with Gasteiger partial charge in [0.1, 0.15) is 0 Å². The summed E-state index contributed by atoms with van der Waals surface area (Å²) in [6, 6.07) is 7.85. The first-order chi connectivity index (χ1) is 10.0. The molecule has 2 fully saturated rings. The third kappa shape index (κ3) is 2.83. The van der Waals surface area contributed by atoms with Crippen LogP contribution in [0.25, 0.3) is 0 Å². The minimum Gasteiger partial charge on any atom is -0.465 e. The van der Waals surface area contributed by atoms with E-state index in [1.54, 1.807) is 9.80 Å². The number of hydrogen-bond acceptors (Lipinski definition) is 2. The first-order valence-electron chi connectivity index (χ1n) is 6.82. The Labute approximate surface area is 131 Å². The Morgan fingerprint density at radius 3 is 2.62 bits per heavy atom. The van der Waals surface area contributed by atoms with Crippen molar-refractivity contribution in [1.82, 2.24) is 14.7 Å². The van der Waals surface area contributed by atoms with Gasteiger partial charge >= 0.3 is 12.1 Å². The van der Waals surface area contributed by atoms with Crippen molar-refractivity contribution in [2.24, 2.45) is 0 Å². The maximum atomic E-state index is 12.4. The van der Waals surface area contributed by atoms with Crippen LogP contribution in [0, 0.1) is 0 Å². The molecule has 1 N–H and O–H groups in total. The number of carboxylic acid groups (broad SMARTS) is 1. The maximum Gasteiger partial charge on any atom is 0.407 e. The van der Waals surface area contributed by atoms with Gasteiger partial charge in [-0.2, -0.15) is 0 Å². The number of hydrogen-bond donors (Lipinski definition) is 1. The molecule has 0 aliphatic carbocycles. The molecule has 0 aromatic heterocycles. The summed E-state index contributed by atoms with van der Waals surface area (Å²) in [6.45, 7) is 2.42. The normalized spacial score (nSPS) is 21.7. The topological polar surface area (TPSA) is 64.1 Å². The highest BCUT2D eigenvalue weighted by molar-refractivity contribution is 9.10. The molecular formula is C14H16BrN3O3. The van der Waals surface area contributed by atoms with E-state index in [0.717, 1.165) is 10.0 Å². The molecule has 2 aliphatic rings. The smallest absolute Gasteiger partial charge is 0.407 e. The van der Waals surface area contributed by atoms with Crippen LogP contribution in [0.15, 0.2) is 28.7 Å². The molecule has 3 amide bonds. The molecule has 2 saturated heterocycles. The van der Waals surface area contributed by atoms with Crippen LogP contribution < -0.4 is 0 Å². The minimum absolute atomic E-state index is 0.00737. The van der Waals surface area contributed by atoms with Gasteiger partial charge in [-0.1, -0.05) is 28.1 Å². The summed E-state index contributed by atoms with van der Waals surface area (Å²) in [5.74, 6) is 0. The van der Waals surface area contributed by atoms with Crippen molar-refractivity contribution in [3.8, 4) is 0 Å². The number of benzene rings is 1. The van der Waals surface area contributed by atoms with Crippen LogP contribution in [0.5, 0.6) is 0 Å². The van der Waals surface area contributed by atoms with E-state index in [2.05, 4.69) is 15.9 Å². The number of piperazine rings is 1. The van der Waals surface area contributed by atoms with Gasteiger partial charge in [0.15, 0.2) is 0 Å². The summed E-state index contributed by atoms with van der Waals surface area (Å²) >= 11 is 3.39. The summed E-state index contributed by atoms with van der Waals surface area (Å²) in [7, 11) is 0. The second kappa shape index (κ2) is 5.55. The zero-order valence-electron chi connectivity index (χ0n) is 11.4. The summed E-state index contributed by atoms with van der Waals surface area (Å²) in [6.07, 6.45) is -0.909. The third-order valence-electron chi connectivity index (χ3n) is 3.99. The fraction of sp³-hybridized carbons (Fsp3) is 0.429. The van der Waals surface area contributed by atoms with Crippen molar-refractivity contribution < 1.29 is 14.7 Å². The van der Waals surface area contributed by atoms with Gasteiger partial charge in [0.05, 0.1) is 6.04 Å². The highest BCUT2D eigenvalue weighted by Gasteiger charge is 2.41. The van der Waals surface area contributed by atoms with E-state index in [1.165, 1.54) is 4.90 Å². The summed E-state index contributed by atoms with van der Waals surface area (Å²) in [5, 5.41) is 9.06. The second-order valence-corrected chi connectivity index (χ2v) is 6.28. The first-order valence-corrected chi connectivity index (χ1v) is 7.62. The highest BCUT2D eigenvalue weighted by Crippen LogP contribution is 2.23. The molecule has 1 atom stereocenters. The number of halogens is 1. The molecule has 0 saturated carbocycles. The predicted octanol–water partition coefficient (Wildman–Crippen LogP) is 2.05. The van der Waals surface area contributed by atoms with Crippen LogP contribution in [0.1, 0.15) is 5.56 Å². The quantitative estimate of drug-likeness (QED) is 0.884. The summed E-state index contributed by atoms with van der Waals surface area (Å²) in [5.41, 5.74) is 1.07. The number of carbonyl (C=O) groups is 2. The zero-order valence-corrected chi connectivity index (χ0v) is 13.0. The van der Waals surface area contributed by atoms with E-state index in [4.69, 9.17) is 5.11 Å². The summed E-state index contributed by atoms with van der Waals surface area (Å²) in [4.78, 5) is 28.4. The Morgan fingerprint density at radius 2 is 1.95 bits per heavy atom. The summed E-state index contributed by atoms with van der Waals surface area (Å²) < 4.78 is 1.01. The van der Waals surface area contributed by atoms with Gasteiger partial charge in [-0.3, -0.25) is 0 Å².